The van der Waals surface area contributed by atoms with E-state index in [2.05, 4.69) is 12.5 Å². The van der Waals surface area contributed by atoms with Crippen LogP contribution < -0.4 is 0 Å². The molecule has 68 valence electrons. The van der Waals surface area contributed by atoms with Crippen LogP contribution in [0.25, 0.3) is 0 Å². The second-order valence-electron chi connectivity index (χ2n) is 3.13. The Balaban J connectivity index is 3.61. The Labute approximate surface area is 75.8 Å². The number of hydrogen-bond acceptors (Lipinski definition) is 0. The average Bonchev–Trinajstić information content (AvgIpc) is 2.05. The molecule has 0 aromatic carbocycles. The van der Waals surface area contributed by atoms with Crippen LogP contribution in [0.15, 0.2) is 11.6 Å². The molecule has 1 atom stereocenters. The Morgan fingerprint density at radius 3 is 2.83 bits per heavy atom. The van der Waals surface area contributed by atoms with Crippen molar-refractivity contribution >= 4 is 13.4 Å². The second kappa shape index (κ2) is 7.26. The van der Waals surface area contributed by atoms with Gasteiger partial charge in [-0.15, -0.1) is 0 Å². The molecule has 0 nitrogen and oxygen atoms in total. The molecule has 0 radical (unpaired) electrons. The summed E-state index contributed by atoms with van der Waals surface area (Å²) < 4.78 is 12.8. The van der Waals surface area contributed by atoms with E-state index in [4.69, 9.17) is 0 Å². The van der Waals surface area contributed by atoms with Crippen LogP contribution in [-0.2, 0) is 0 Å². The van der Waals surface area contributed by atoms with E-state index >= 15 is 0 Å². The van der Waals surface area contributed by atoms with Crippen LogP contribution in [0.2, 0.25) is 6.32 Å². The summed E-state index contributed by atoms with van der Waals surface area (Å²) in [6, 6.07) is 0. The monoisotopic (exact) mass is 168 g/mol. The van der Waals surface area contributed by atoms with Gasteiger partial charge in [-0.1, -0.05) is 0 Å². The van der Waals surface area contributed by atoms with Crippen molar-refractivity contribution in [3.05, 3.63) is 11.6 Å². The van der Waals surface area contributed by atoms with E-state index in [1.54, 1.807) is 0 Å². The van der Waals surface area contributed by atoms with Crippen molar-refractivity contribution < 1.29 is 4.39 Å². The molecule has 0 aliphatic rings. The summed E-state index contributed by atoms with van der Waals surface area (Å²) in [7, 11) is 0. The molecule has 0 saturated carbocycles. The van der Waals surface area contributed by atoms with Crippen LogP contribution in [0, 0.1) is 0 Å². The molecule has 0 fully saturated rings. The van der Waals surface area contributed by atoms with Crippen molar-refractivity contribution in [1.29, 1.82) is 0 Å². The minimum atomic E-state index is -0.662. The fraction of sp³-hybridized carbons (Fsp3) is 0.700. The molecule has 0 spiro atoms. The minimum absolute atomic E-state index is 0.591. The molecule has 0 aromatic heterocycles. The van der Waals surface area contributed by atoms with Crippen molar-refractivity contribution in [2.24, 2.45) is 0 Å². The Bertz CT molecular complexity index is 152. The zero-order chi connectivity index (χ0) is 9.40. The first kappa shape index (κ1) is 11.6. The van der Waals surface area contributed by atoms with Gasteiger partial charge in [0.2, 0.25) is 0 Å². The fourth-order valence-corrected chi connectivity index (χ4v) is 1.02. The molecular formula is C10H18BF. The molecule has 12 heavy (non-hydrogen) atoms. The molecule has 0 aliphatic carbocycles. The van der Waals surface area contributed by atoms with E-state index < -0.39 is 6.17 Å². The van der Waals surface area contributed by atoms with E-state index in [-0.39, 0.29) is 0 Å². The topological polar surface area (TPSA) is 0 Å². The molecule has 0 rings (SSSR count). The first-order chi connectivity index (χ1) is 5.70. The predicted molar refractivity (Wildman–Crippen MR) is 55.9 cm³/mol. The fourth-order valence-electron chi connectivity index (χ4n) is 1.02. The standard InChI is InChI=1S/C10H18BF/c1-4-10(12)8-9(2)6-5-7-11-3/h6,10H,3-5,7-8H2,1-2H3. The second-order valence-corrected chi connectivity index (χ2v) is 3.13. The first-order valence-corrected chi connectivity index (χ1v) is 4.61. The van der Waals surface area contributed by atoms with Crippen molar-refractivity contribution in [2.45, 2.75) is 45.6 Å². The van der Waals surface area contributed by atoms with Gasteiger partial charge in [0.15, 0.2) is 0 Å². The molecule has 0 amide bonds. The molecule has 2 heteroatoms. The SMILES string of the molecule is C=BCCC=C(C)CC(F)CC. The molecule has 0 N–H and O–H groups in total. The van der Waals surface area contributed by atoms with Gasteiger partial charge in [0.05, 0.1) is 0 Å². The van der Waals surface area contributed by atoms with Gasteiger partial charge in [0.25, 0.3) is 0 Å². The summed E-state index contributed by atoms with van der Waals surface area (Å²) in [5.41, 5.74) is 1.16. The van der Waals surface area contributed by atoms with E-state index in [9.17, 15) is 4.39 Å². The van der Waals surface area contributed by atoms with Gasteiger partial charge in [-0.05, 0) is 0 Å². The van der Waals surface area contributed by atoms with Crippen LogP contribution in [0.3, 0.4) is 0 Å². The zero-order valence-electron chi connectivity index (χ0n) is 8.15. The van der Waals surface area contributed by atoms with Gasteiger partial charge in [-0.25, -0.2) is 0 Å². The number of halogens is 1. The van der Waals surface area contributed by atoms with Gasteiger partial charge < -0.3 is 0 Å². The molecule has 0 aromatic rings. The van der Waals surface area contributed by atoms with Gasteiger partial charge >= 0.3 is 75.0 Å². The van der Waals surface area contributed by atoms with E-state index in [0.29, 0.717) is 12.8 Å². The van der Waals surface area contributed by atoms with E-state index in [1.807, 2.05) is 20.8 Å². The third-order valence-corrected chi connectivity index (χ3v) is 1.85. The van der Waals surface area contributed by atoms with Crippen LogP contribution in [0.1, 0.15) is 33.1 Å². The first-order valence-electron chi connectivity index (χ1n) is 4.61. The summed E-state index contributed by atoms with van der Waals surface area (Å²) in [5.74, 6) is 0. The normalized spacial score (nSPS) is 14.1. The number of allylic oxidation sites excluding steroid dienone is 2. The molecule has 0 saturated heterocycles. The Kier molecular flexibility index (Phi) is 7.03. The molecule has 0 aliphatic heterocycles. The van der Waals surface area contributed by atoms with Gasteiger partial charge in [-0.3, -0.25) is 0 Å². The number of alkyl halides is 1. The molecular weight excluding hydrogens is 150 g/mol. The Morgan fingerprint density at radius 1 is 1.67 bits per heavy atom. The van der Waals surface area contributed by atoms with Crippen molar-refractivity contribution in [1.82, 2.24) is 0 Å². The Morgan fingerprint density at radius 2 is 2.33 bits per heavy atom. The summed E-state index contributed by atoms with van der Waals surface area (Å²) in [6.07, 6.45) is 4.63. The van der Waals surface area contributed by atoms with Crippen molar-refractivity contribution in [2.75, 3.05) is 0 Å². The third-order valence-electron chi connectivity index (χ3n) is 1.85. The number of rotatable bonds is 6. The quantitative estimate of drug-likeness (QED) is 0.325. The van der Waals surface area contributed by atoms with Gasteiger partial charge in [0.1, 0.15) is 0 Å². The van der Waals surface area contributed by atoms with Crippen molar-refractivity contribution in [3.63, 3.8) is 0 Å². The molecule has 0 heterocycles. The van der Waals surface area contributed by atoms with Crippen LogP contribution >= 0.6 is 0 Å². The molecule has 1 unspecified atom stereocenters. The van der Waals surface area contributed by atoms with Crippen LogP contribution in [0.5, 0.6) is 0 Å². The maximum absolute atomic E-state index is 12.8. The van der Waals surface area contributed by atoms with Crippen molar-refractivity contribution in [3.8, 4) is 0 Å². The Hall–Kier alpha value is -0.395. The average molecular weight is 168 g/mol. The third kappa shape index (κ3) is 6.32. The number of hydrogen-bond donors (Lipinski definition) is 0. The van der Waals surface area contributed by atoms with Gasteiger partial charge in [-0.2, -0.15) is 0 Å². The zero-order valence-corrected chi connectivity index (χ0v) is 8.15. The maximum atomic E-state index is 12.8. The summed E-state index contributed by atoms with van der Waals surface area (Å²) in [6.45, 7) is 9.38. The van der Waals surface area contributed by atoms with E-state index in [0.717, 1.165) is 18.3 Å². The summed E-state index contributed by atoms with van der Waals surface area (Å²) in [5, 5.41) is 0. The van der Waals surface area contributed by atoms with Gasteiger partial charge in [0, 0.05) is 0 Å². The molecule has 0 bridgehead atoms. The summed E-state index contributed by atoms with van der Waals surface area (Å²) in [4.78, 5) is 0. The van der Waals surface area contributed by atoms with Crippen LogP contribution in [0.4, 0.5) is 4.39 Å². The van der Waals surface area contributed by atoms with Crippen LogP contribution in [-0.4, -0.2) is 19.6 Å². The summed E-state index contributed by atoms with van der Waals surface area (Å²) >= 11 is 0. The van der Waals surface area contributed by atoms with E-state index in [1.165, 1.54) is 0 Å². The predicted octanol–water partition coefficient (Wildman–Crippen LogP) is 3.02.